The summed E-state index contributed by atoms with van der Waals surface area (Å²) in [4.78, 5) is 0. The molecule has 0 atom stereocenters. The lowest BCUT2D eigenvalue weighted by Crippen LogP contribution is -2.37. The molecule has 0 radical (unpaired) electrons. The van der Waals surface area contributed by atoms with Crippen LogP contribution in [0, 0.1) is 0 Å². The van der Waals surface area contributed by atoms with E-state index >= 15 is 0 Å². The van der Waals surface area contributed by atoms with Crippen LogP contribution in [-0.2, 0) is 0 Å². The zero-order chi connectivity index (χ0) is 8.10. The third-order valence-electron chi connectivity index (χ3n) is 1.19. The second kappa shape index (κ2) is 3.84. The zero-order valence-corrected chi connectivity index (χ0v) is 6.28. The molecule has 0 fully saturated rings. The lowest BCUT2D eigenvalue weighted by Gasteiger charge is -2.11. The number of tetrazole rings is 1. The number of aromatic amines is 1. The molecule has 0 saturated heterocycles. The Bertz CT molecular complexity index is 182. The van der Waals surface area contributed by atoms with Crippen LogP contribution in [0.25, 0.3) is 0 Å². The van der Waals surface area contributed by atoms with Gasteiger partial charge in [0, 0.05) is 13.1 Å². The predicted molar refractivity (Wildman–Crippen MR) is 39.6 cm³/mol. The summed E-state index contributed by atoms with van der Waals surface area (Å²) in [5, 5.41) is 17.4. The van der Waals surface area contributed by atoms with Gasteiger partial charge in [0.15, 0.2) is 0 Å². The van der Waals surface area contributed by atoms with Gasteiger partial charge in [-0.15, -0.1) is 5.10 Å². The van der Waals surface area contributed by atoms with Crippen molar-refractivity contribution in [1.82, 2.24) is 25.9 Å². The van der Waals surface area contributed by atoms with E-state index in [2.05, 4.69) is 25.9 Å². The summed E-state index contributed by atoms with van der Waals surface area (Å²) in [5.74, 6) is 5.94. The molecule has 0 aliphatic rings. The summed E-state index contributed by atoms with van der Waals surface area (Å²) in [6.07, 6.45) is 0. The van der Waals surface area contributed by atoms with Gasteiger partial charge in [-0.05, 0) is 12.3 Å². The van der Waals surface area contributed by atoms with E-state index in [1.807, 2.05) is 7.05 Å². The van der Waals surface area contributed by atoms with E-state index in [0.717, 1.165) is 6.54 Å². The number of hydrogen-bond donors (Lipinski definition) is 3. The number of aromatic nitrogens is 4. The SMILES string of the molecule is CNCCN(N)c1nn[nH]n1. The Kier molecular flexibility index (Phi) is 2.75. The monoisotopic (exact) mass is 157 g/mol. The van der Waals surface area contributed by atoms with E-state index in [9.17, 15) is 0 Å². The van der Waals surface area contributed by atoms with Gasteiger partial charge in [-0.3, -0.25) is 5.01 Å². The van der Waals surface area contributed by atoms with Crippen LogP contribution in [0.3, 0.4) is 0 Å². The van der Waals surface area contributed by atoms with E-state index in [1.165, 1.54) is 5.01 Å². The molecule has 7 heteroatoms. The molecule has 1 rings (SSSR count). The Balaban J connectivity index is 2.36. The highest BCUT2D eigenvalue weighted by Crippen LogP contribution is 1.93. The van der Waals surface area contributed by atoms with Crippen LogP contribution in [-0.4, -0.2) is 40.8 Å². The summed E-state index contributed by atoms with van der Waals surface area (Å²) in [6.45, 7) is 1.43. The van der Waals surface area contributed by atoms with Crippen LogP contribution in [0.15, 0.2) is 0 Å². The van der Waals surface area contributed by atoms with E-state index in [-0.39, 0.29) is 0 Å². The normalized spacial score (nSPS) is 10.0. The number of rotatable bonds is 4. The van der Waals surface area contributed by atoms with Crippen LogP contribution < -0.4 is 16.2 Å². The highest BCUT2D eigenvalue weighted by Gasteiger charge is 2.03. The molecular weight excluding hydrogens is 146 g/mol. The van der Waals surface area contributed by atoms with Gasteiger partial charge in [0.2, 0.25) is 0 Å². The molecule has 0 unspecified atom stereocenters. The molecule has 0 aliphatic heterocycles. The quantitative estimate of drug-likeness (QED) is 0.349. The molecule has 0 aromatic carbocycles. The summed E-state index contributed by atoms with van der Waals surface area (Å²) in [7, 11) is 1.85. The van der Waals surface area contributed by atoms with Crippen molar-refractivity contribution >= 4 is 5.95 Å². The van der Waals surface area contributed by atoms with Gasteiger partial charge in [-0.25, -0.2) is 5.84 Å². The Labute approximate surface area is 63.9 Å². The van der Waals surface area contributed by atoms with Gasteiger partial charge < -0.3 is 5.32 Å². The number of likely N-dealkylation sites (N-methyl/N-ethyl adjacent to an activating group) is 1. The van der Waals surface area contributed by atoms with Crippen molar-refractivity contribution in [2.24, 2.45) is 5.84 Å². The van der Waals surface area contributed by atoms with Crippen LogP contribution in [0.1, 0.15) is 0 Å². The molecule has 62 valence electrons. The minimum absolute atomic E-state index is 0.403. The predicted octanol–water partition coefficient (Wildman–Crippen LogP) is -1.90. The largest absolute Gasteiger partial charge is 0.318 e. The minimum Gasteiger partial charge on any atom is -0.318 e. The Morgan fingerprint density at radius 2 is 2.55 bits per heavy atom. The summed E-state index contributed by atoms with van der Waals surface area (Å²) < 4.78 is 0. The fourth-order valence-corrected chi connectivity index (χ4v) is 0.610. The molecule has 0 spiro atoms. The molecule has 4 N–H and O–H groups in total. The number of anilines is 1. The molecule has 1 heterocycles. The number of hydrogen-bond acceptors (Lipinski definition) is 6. The maximum atomic E-state index is 5.53. The van der Waals surface area contributed by atoms with Crippen molar-refractivity contribution in [3.8, 4) is 0 Å². The van der Waals surface area contributed by atoms with Gasteiger partial charge in [-0.1, -0.05) is 5.10 Å². The Morgan fingerprint density at radius 1 is 1.73 bits per heavy atom. The first-order valence-corrected chi connectivity index (χ1v) is 3.25. The molecule has 0 aliphatic carbocycles. The molecule has 0 amide bonds. The Morgan fingerprint density at radius 3 is 3.09 bits per heavy atom. The first kappa shape index (κ1) is 7.89. The van der Waals surface area contributed by atoms with E-state index in [0.29, 0.717) is 12.5 Å². The molecular formula is C4H11N7. The van der Waals surface area contributed by atoms with E-state index < -0.39 is 0 Å². The summed E-state index contributed by atoms with van der Waals surface area (Å²) in [5.41, 5.74) is 0. The van der Waals surface area contributed by atoms with Crippen molar-refractivity contribution in [2.45, 2.75) is 0 Å². The van der Waals surface area contributed by atoms with Crippen LogP contribution in [0.5, 0.6) is 0 Å². The van der Waals surface area contributed by atoms with Crippen LogP contribution >= 0.6 is 0 Å². The molecule has 1 aromatic heterocycles. The summed E-state index contributed by atoms with van der Waals surface area (Å²) >= 11 is 0. The van der Waals surface area contributed by atoms with E-state index in [1.54, 1.807) is 0 Å². The third-order valence-corrected chi connectivity index (χ3v) is 1.19. The standard InChI is InChI=1S/C4H11N7/c1-6-2-3-11(5)4-7-9-10-8-4/h6H,2-3,5H2,1H3,(H,7,8,9,10). The number of nitrogens with one attached hydrogen (secondary N) is 2. The number of hydrazine groups is 1. The van der Waals surface area contributed by atoms with Gasteiger partial charge in [0.25, 0.3) is 5.95 Å². The first-order chi connectivity index (χ1) is 5.34. The van der Waals surface area contributed by atoms with Gasteiger partial charge in [0.05, 0.1) is 0 Å². The molecule has 1 aromatic rings. The molecule has 0 bridgehead atoms. The lowest BCUT2D eigenvalue weighted by atomic mass is 10.6. The molecule has 0 saturated carbocycles. The van der Waals surface area contributed by atoms with Crippen molar-refractivity contribution in [3.05, 3.63) is 0 Å². The van der Waals surface area contributed by atoms with Gasteiger partial charge in [-0.2, -0.15) is 5.21 Å². The highest BCUT2D eigenvalue weighted by molar-refractivity contribution is 5.21. The van der Waals surface area contributed by atoms with Crippen LogP contribution in [0.4, 0.5) is 5.95 Å². The highest BCUT2D eigenvalue weighted by atomic mass is 15.6. The van der Waals surface area contributed by atoms with Crippen molar-refractivity contribution in [1.29, 1.82) is 0 Å². The average molecular weight is 157 g/mol. The maximum Gasteiger partial charge on any atom is 0.279 e. The van der Waals surface area contributed by atoms with Crippen LogP contribution in [0.2, 0.25) is 0 Å². The number of H-pyrrole nitrogens is 1. The number of nitrogens with two attached hydrogens (primary N) is 1. The second-order valence-electron chi connectivity index (χ2n) is 2.01. The minimum atomic E-state index is 0.403. The third kappa shape index (κ3) is 2.13. The average Bonchev–Trinajstić information content (AvgIpc) is 2.52. The fraction of sp³-hybridized carbons (Fsp3) is 0.750. The molecule has 7 nitrogen and oxygen atoms in total. The second-order valence-corrected chi connectivity index (χ2v) is 2.01. The zero-order valence-electron chi connectivity index (χ0n) is 6.28. The van der Waals surface area contributed by atoms with E-state index in [4.69, 9.17) is 5.84 Å². The first-order valence-electron chi connectivity index (χ1n) is 3.25. The van der Waals surface area contributed by atoms with Crippen molar-refractivity contribution < 1.29 is 0 Å². The number of nitrogens with zero attached hydrogens (tertiary/aromatic N) is 4. The van der Waals surface area contributed by atoms with Gasteiger partial charge in [0.1, 0.15) is 0 Å². The maximum absolute atomic E-state index is 5.53. The smallest absolute Gasteiger partial charge is 0.279 e. The Hall–Kier alpha value is -1.21. The lowest BCUT2D eigenvalue weighted by molar-refractivity contribution is 0.726. The van der Waals surface area contributed by atoms with Crippen molar-refractivity contribution in [2.75, 3.05) is 25.1 Å². The molecule has 11 heavy (non-hydrogen) atoms. The van der Waals surface area contributed by atoms with Crippen molar-refractivity contribution in [3.63, 3.8) is 0 Å². The van der Waals surface area contributed by atoms with Gasteiger partial charge >= 0.3 is 0 Å². The fourth-order valence-electron chi connectivity index (χ4n) is 0.610. The summed E-state index contributed by atoms with van der Waals surface area (Å²) in [6, 6.07) is 0. The topological polar surface area (TPSA) is 95.7 Å².